The Kier molecular flexibility index (Phi) is 9.27. The van der Waals surface area contributed by atoms with Crippen molar-refractivity contribution in [1.82, 2.24) is 10.6 Å². The Balaban J connectivity index is 1.74. The summed E-state index contributed by atoms with van der Waals surface area (Å²) in [5.74, 6) is 0.202. The molecule has 33 heavy (non-hydrogen) atoms. The number of benzene rings is 2. The first kappa shape index (κ1) is 25.7. The highest BCUT2D eigenvalue weighted by atomic mass is 16.6. The SMILES string of the molecule is Cc1ccc(OCC(=O)NCc2cccc(NC(=O)CCNC(=O)OC(C)(C)C)c2)c(C)c1. The van der Waals surface area contributed by atoms with Crippen molar-refractivity contribution in [3.8, 4) is 5.75 Å². The molecule has 2 rings (SSSR count). The molecule has 0 heterocycles. The number of ether oxygens (including phenoxy) is 2. The zero-order valence-electron chi connectivity index (χ0n) is 19.9. The third kappa shape index (κ3) is 10.1. The number of hydrogen-bond acceptors (Lipinski definition) is 5. The van der Waals surface area contributed by atoms with Gasteiger partial charge in [-0.1, -0.05) is 29.8 Å². The topological polar surface area (TPSA) is 106 Å². The molecule has 0 aliphatic rings. The number of amides is 3. The Hall–Kier alpha value is -3.55. The average molecular weight is 456 g/mol. The molecule has 8 nitrogen and oxygen atoms in total. The van der Waals surface area contributed by atoms with Crippen molar-refractivity contribution in [3.05, 3.63) is 59.2 Å². The van der Waals surface area contributed by atoms with Crippen LogP contribution in [0, 0.1) is 13.8 Å². The fourth-order valence-corrected chi connectivity index (χ4v) is 2.93. The molecule has 0 fully saturated rings. The molecule has 0 aliphatic carbocycles. The first-order valence-corrected chi connectivity index (χ1v) is 10.8. The predicted molar refractivity (Wildman–Crippen MR) is 127 cm³/mol. The van der Waals surface area contributed by atoms with Gasteiger partial charge in [0.2, 0.25) is 5.91 Å². The first-order valence-electron chi connectivity index (χ1n) is 10.8. The maximum absolute atomic E-state index is 12.1. The van der Waals surface area contributed by atoms with Gasteiger partial charge in [0.15, 0.2) is 6.61 Å². The molecular formula is C25H33N3O5. The average Bonchev–Trinajstić information content (AvgIpc) is 2.70. The van der Waals surface area contributed by atoms with Crippen molar-refractivity contribution in [2.75, 3.05) is 18.5 Å². The lowest BCUT2D eigenvalue weighted by atomic mass is 10.1. The van der Waals surface area contributed by atoms with Crippen LogP contribution in [-0.4, -0.2) is 36.7 Å². The zero-order valence-corrected chi connectivity index (χ0v) is 19.9. The van der Waals surface area contributed by atoms with Crippen LogP contribution in [0.25, 0.3) is 0 Å². The highest BCUT2D eigenvalue weighted by Crippen LogP contribution is 2.18. The summed E-state index contributed by atoms with van der Waals surface area (Å²) in [5, 5.41) is 8.14. The summed E-state index contributed by atoms with van der Waals surface area (Å²) < 4.78 is 10.7. The molecule has 0 saturated carbocycles. The van der Waals surface area contributed by atoms with Gasteiger partial charge in [0.05, 0.1) is 0 Å². The Morgan fingerprint density at radius 2 is 1.70 bits per heavy atom. The summed E-state index contributed by atoms with van der Waals surface area (Å²) in [6.45, 7) is 9.64. The molecule has 3 N–H and O–H groups in total. The van der Waals surface area contributed by atoms with E-state index in [-0.39, 0.29) is 31.4 Å². The number of rotatable bonds is 9. The summed E-state index contributed by atoms with van der Waals surface area (Å²) in [4.78, 5) is 35.9. The van der Waals surface area contributed by atoms with Crippen LogP contribution in [0.15, 0.2) is 42.5 Å². The Bertz CT molecular complexity index is 982. The van der Waals surface area contributed by atoms with Crippen molar-refractivity contribution >= 4 is 23.6 Å². The van der Waals surface area contributed by atoms with Crippen LogP contribution in [0.3, 0.4) is 0 Å². The van der Waals surface area contributed by atoms with Gasteiger partial charge in [0.25, 0.3) is 5.91 Å². The van der Waals surface area contributed by atoms with Gasteiger partial charge in [0.1, 0.15) is 11.4 Å². The second-order valence-corrected chi connectivity index (χ2v) is 8.76. The summed E-state index contributed by atoms with van der Waals surface area (Å²) in [5.41, 5.74) is 2.96. The van der Waals surface area contributed by atoms with Gasteiger partial charge in [-0.15, -0.1) is 0 Å². The molecule has 178 valence electrons. The van der Waals surface area contributed by atoms with Gasteiger partial charge in [0, 0.05) is 25.2 Å². The standard InChI is InChI=1S/C25H33N3O5/c1-17-9-10-21(18(2)13-17)32-16-23(30)27-15-19-7-6-8-20(14-19)28-22(29)11-12-26-24(31)33-25(3,4)5/h6-10,13-14H,11-12,15-16H2,1-5H3,(H,26,31)(H,27,30)(H,28,29). The summed E-state index contributed by atoms with van der Waals surface area (Å²) in [7, 11) is 0. The highest BCUT2D eigenvalue weighted by molar-refractivity contribution is 5.91. The number of hydrogen-bond donors (Lipinski definition) is 3. The van der Waals surface area contributed by atoms with E-state index in [4.69, 9.17) is 9.47 Å². The quantitative estimate of drug-likeness (QED) is 0.533. The molecule has 3 amide bonds. The summed E-state index contributed by atoms with van der Waals surface area (Å²) in [6.07, 6.45) is -0.453. The Morgan fingerprint density at radius 3 is 2.39 bits per heavy atom. The largest absolute Gasteiger partial charge is 0.484 e. The van der Waals surface area contributed by atoms with Gasteiger partial charge in [-0.25, -0.2) is 4.79 Å². The van der Waals surface area contributed by atoms with Crippen molar-refractivity contribution in [2.45, 2.75) is 53.2 Å². The minimum Gasteiger partial charge on any atom is -0.484 e. The van der Waals surface area contributed by atoms with E-state index < -0.39 is 11.7 Å². The van der Waals surface area contributed by atoms with Crippen LogP contribution in [0.1, 0.15) is 43.9 Å². The van der Waals surface area contributed by atoms with Crippen molar-refractivity contribution in [1.29, 1.82) is 0 Å². The zero-order chi connectivity index (χ0) is 24.4. The van der Waals surface area contributed by atoms with Crippen molar-refractivity contribution in [2.24, 2.45) is 0 Å². The molecule has 0 unspecified atom stereocenters. The third-order valence-corrected chi connectivity index (χ3v) is 4.41. The number of nitrogens with one attached hydrogen (secondary N) is 3. The number of aryl methyl sites for hydroxylation is 2. The lowest BCUT2D eigenvalue weighted by molar-refractivity contribution is -0.123. The van der Waals surface area contributed by atoms with Gasteiger partial charge < -0.3 is 25.4 Å². The minimum absolute atomic E-state index is 0.0784. The van der Waals surface area contributed by atoms with E-state index in [1.165, 1.54) is 0 Å². The van der Waals surface area contributed by atoms with E-state index >= 15 is 0 Å². The molecule has 0 radical (unpaired) electrons. The molecule has 2 aromatic carbocycles. The number of alkyl carbamates (subject to hydrolysis) is 1. The van der Waals surface area contributed by atoms with Gasteiger partial charge in [-0.05, 0) is 63.9 Å². The molecule has 8 heteroatoms. The number of carbonyl (C=O) groups excluding carboxylic acids is 3. The lowest BCUT2D eigenvalue weighted by Gasteiger charge is -2.19. The Morgan fingerprint density at radius 1 is 0.939 bits per heavy atom. The normalized spacial score (nSPS) is 10.8. The van der Waals surface area contributed by atoms with E-state index in [0.29, 0.717) is 18.0 Å². The molecule has 0 bridgehead atoms. The molecular weight excluding hydrogens is 422 g/mol. The van der Waals surface area contributed by atoms with Crippen LogP contribution in [0.2, 0.25) is 0 Å². The van der Waals surface area contributed by atoms with Gasteiger partial charge >= 0.3 is 6.09 Å². The fourth-order valence-electron chi connectivity index (χ4n) is 2.93. The fraction of sp³-hybridized carbons (Fsp3) is 0.400. The maximum atomic E-state index is 12.1. The molecule has 0 saturated heterocycles. The second-order valence-electron chi connectivity index (χ2n) is 8.76. The number of anilines is 1. The summed E-state index contributed by atoms with van der Waals surface area (Å²) in [6, 6.07) is 13.0. The molecule has 0 aromatic heterocycles. The van der Waals surface area contributed by atoms with Crippen LogP contribution in [0.4, 0.5) is 10.5 Å². The summed E-state index contributed by atoms with van der Waals surface area (Å²) >= 11 is 0. The van der Waals surface area contributed by atoms with E-state index in [1.807, 2.05) is 38.1 Å². The molecule has 0 atom stereocenters. The van der Waals surface area contributed by atoms with E-state index in [9.17, 15) is 14.4 Å². The van der Waals surface area contributed by atoms with Crippen molar-refractivity contribution < 1.29 is 23.9 Å². The smallest absolute Gasteiger partial charge is 0.407 e. The first-order chi connectivity index (χ1) is 15.5. The maximum Gasteiger partial charge on any atom is 0.407 e. The van der Waals surface area contributed by atoms with Crippen molar-refractivity contribution in [3.63, 3.8) is 0 Å². The second kappa shape index (κ2) is 11.9. The number of carbonyl (C=O) groups is 3. The van der Waals surface area contributed by atoms with Gasteiger partial charge in [-0.2, -0.15) is 0 Å². The molecule has 0 aliphatic heterocycles. The van der Waals surface area contributed by atoms with E-state index in [0.717, 1.165) is 16.7 Å². The van der Waals surface area contributed by atoms with E-state index in [1.54, 1.807) is 39.0 Å². The minimum atomic E-state index is -0.589. The van der Waals surface area contributed by atoms with Crippen LogP contribution < -0.4 is 20.7 Å². The van der Waals surface area contributed by atoms with E-state index in [2.05, 4.69) is 16.0 Å². The monoisotopic (exact) mass is 455 g/mol. The molecule has 2 aromatic rings. The highest BCUT2D eigenvalue weighted by Gasteiger charge is 2.16. The predicted octanol–water partition coefficient (Wildman–Crippen LogP) is 3.85. The Labute approximate surface area is 195 Å². The van der Waals surface area contributed by atoms with Crippen LogP contribution in [0.5, 0.6) is 5.75 Å². The van der Waals surface area contributed by atoms with Crippen LogP contribution in [-0.2, 0) is 20.9 Å². The lowest BCUT2D eigenvalue weighted by Crippen LogP contribution is -2.34. The third-order valence-electron chi connectivity index (χ3n) is 4.41. The van der Waals surface area contributed by atoms with Gasteiger partial charge in [-0.3, -0.25) is 9.59 Å². The van der Waals surface area contributed by atoms with Crippen LogP contribution >= 0.6 is 0 Å². The molecule has 0 spiro atoms.